The summed E-state index contributed by atoms with van der Waals surface area (Å²) in [6.45, 7) is 1.82. The summed E-state index contributed by atoms with van der Waals surface area (Å²) in [5, 5.41) is 2.69. The van der Waals surface area contributed by atoms with Crippen LogP contribution < -0.4 is 10.0 Å². The molecule has 0 fully saturated rings. The first-order valence-corrected chi connectivity index (χ1v) is 14.5. The van der Waals surface area contributed by atoms with Crippen molar-refractivity contribution in [2.45, 2.75) is 24.3 Å². The second-order valence-electron chi connectivity index (χ2n) is 8.61. The second-order valence-corrected chi connectivity index (χ2v) is 11.9. The first kappa shape index (κ1) is 27.1. The SMILES string of the molecule is Cc1ccc(S(=O)(=O)N[C@@H](Cc2ccccc2)C(=O)Nc2ccc3c(c2)C(=O)N(OS(C)(=O)=O)C3=O)cc1. The Kier molecular flexibility index (Phi) is 7.47. The summed E-state index contributed by atoms with van der Waals surface area (Å²) in [5.74, 6) is -2.71. The summed E-state index contributed by atoms with van der Waals surface area (Å²) in [6, 6.07) is 17.5. The molecular formula is C25H23N3O8S2. The third kappa shape index (κ3) is 6.14. The van der Waals surface area contributed by atoms with Gasteiger partial charge in [-0.25, -0.2) is 8.42 Å². The van der Waals surface area contributed by atoms with Crippen LogP contribution in [0.1, 0.15) is 31.8 Å². The fourth-order valence-electron chi connectivity index (χ4n) is 3.74. The van der Waals surface area contributed by atoms with Crippen molar-refractivity contribution in [1.29, 1.82) is 0 Å². The summed E-state index contributed by atoms with van der Waals surface area (Å²) in [6.07, 6.45) is 0.711. The van der Waals surface area contributed by atoms with Gasteiger partial charge in [0.25, 0.3) is 21.9 Å². The van der Waals surface area contributed by atoms with E-state index in [-0.39, 0.29) is 33.2 Å². The fourth-order valence-corrected chi connectivity index (χ4v) is 5.34. The number of aryl methyl sites for hydroxylation is 1. The van der Waals surface area contributed by atoms with E-state index in [0.717, 1.165) is 5.56 Å². The molecule has 1 aliphatic heterocycles. The molecule has 0 aromatic heterocycles. The Morgan fingerprint density at radius 2 is 1.53 bits per heavy atom. The number of nitrogens with one attached hydrogen (secondary N) is 2. The van der Waals surface area contributed by atoms with Gasteiger partial charge in [0.1, 0.15) is 6.04 Å². The van der Waals surface area contributed by atoms with Gasteiger partial charge in [-0.15, -0.1) is 9.35 Å². The number of imide groups is 1. The monoisotopic (exact) mass is 557 g/mol. The number of benzene rings is 3. The lowest BCUT2D eigenvalue weighted by molar-refractivity contribution is -0.117. The molecule has 0 aliphatic carbocycles. The number of fused-ring (bicyclic) bond motifs is 1. The van der Waals surface area contributed by atoms with E-state index in [2.05, 4.69) is 14.3 Å². The molecule has 3 amide bonds. The smallest absolute Gasteiger partial charge is 0.287 e. The van der Waals surface area contributed by atoms with Crippen LogP contribution in [0, 0.1) is 6.92 Å². The zero-order valence-corrected chi connectivity index (χ0v) is 21.9. The number of amides is 3. The van der Waals surface area contributed by atoms with Crippen LogP contribution >= 0.6 is 0 Å². The van der Waals surface area contributed by atoms with E-state index in [1.165, 1.54) is 30.3 Å². The van der Waals surface area contributed by atoms with Gasteiger partial charge in [0.05, 0.1) is 22.3 Å². The van der Waals surface area contributed by atoms with Crippen LogP contribution in [-0.2, 0) is 35.6 Å². The van der Waals surface area contributed by atoms with Crippen LogP contribution in [0.5, 0.6) is 0 Å². The molecule has 11 nitrogen and oxygen atoms in total. The van der Waals surface area contributed by atoms with Gasteiger partial charge in [-0.3, -0.25) is 14.4 Å². The van der Waals surface area contributed by atoms with E-state index in [0.29, 0.717) is 11.8 Å². The maximum Gasteiger partial charge on any atom is 0.287 e. The van der Waals surface area contributed by atoms with E-state index in [1.54, 1.807) is 42.5 Å². The van der Waals surface area contributed by atoms with Crippen LogP contribution in [0.15, 0.2) is 77.7 Å². The van der Waals surface area contributed by atoms with Crippen molar-refractivity contribution in [3.05, 3.63) is 95.1 Å². The minimum absolute atomic E-state index is 0.0124. The maximum atomic E-state index is 13.3. The Morgan fingerprint density at radius 3 is 2.16 bits per heavy atom. The Labute approximate surface area is 219 Å². The molecule has 0 radical (unpaired) electrons. The highest BCUT2D eigenvalue weighted by molar-refractivity contribution is 7.89. The zero-order valence-electron chi connectivity index (χ0n) is 20.2. The number of carbonyl (C=O) groups is 3. The Morgan fingerprint density at radius 1 is 0.895 bits per heavy atom. The van der Waals surface area contributed by atoms with Gasteiger partial charge in [0, 0.05) is 5.69 Å². The third-order valence-electron chi connectivity index (χ3n) is 5.55. The normalized spacial score (nSPS) is 14.3. The van der Waals surface area contributed by atoms with E-state index >= 15 is 0 Å². The van der Waals surface area contributed by atoms with Crippen molar-refractivity contribution in [2.24, 2.45) is 0 Å². The number of carbonyl (C=O) groups excluding carboxylic acids is 3. The quantitative estimate of drug-likeness (QED) is 0.379. The van der Waals surface area contributed by atoms with Gasteiger partial charge in [-0.05, 0) is 49.2 Å². The number of anilines is 1. The summed E-state index contributed by atoms with van der Waals surface area (Å²) < 4.78 is 55.8. The van der Waals surface area contributed by atoms with Crippen molar-refractivity contribution >= 4 is 43.6 Å². The van der Waals surface area contributed by atoms with Crippen molar-refractivity contribution in [1.82, 2.24) is 9.79 Å². The van der Waals surface area contributed by atoms with E-state index in [1.807, 2.05) is 6.92 Å². The number of sulfonamides is 1. The van der Waals surface area contributed by atoms with Crippen LogP contribution in [0.3, 0.4) is 0 Å². The van der Waals surface area contributed by atoms with Gasteiger partial charge >= 0.3 is 0 Å². The average Bonchev–Trinajstić information content (AvgIpc) is 3.07. The number of hydroxylamine groups is 2. The molecule has 13 heteroatoms. The fraction of sp³-hybridized carbons (Fsp3) is 0.160. The molecule has 0 unspecified atom stereocenters. The zero-order chi connectivity index (χ0) is 27.7. The van der Waals surface area contributed by atoms with E-state index in [4.69, 9.17) is 0 Å². The lowest BCUT2D eigenvalue weighted by Gasteiger charge is -2.19. The van der Waals surface area contributed by atoms with Gasteiger partial charge in [-0.2, -0.15) is 13.1 Å². The molecule has 0 spiro atoms. The molecule has 38 heavy (non-hydrogen) atoms. The average molecular weight is 558 g/mol. The van der Waals surface area contributed by atoms with E-state index in [9.17, 15) is 31.2 Å². The number of hydrogen-bond donors (Lipinski definition) is 2. The predicted molar refractivity (Wildman–Crippen MR) is 137 cm³/mol. The molecule has 1 aliphatic rings. The van der Waals surface area contributed by atoms with Gasteiger partial charge in [-0.1, -0.05) is 48.0 Å². The number of rotatable bonds is 9. The molecule has 1 atom stereocenters. The van der Waals surface area contributed by atoms with Crippen molar-refractivity contribution in [3.63, 3.8) is 0 Å². The highest BCUT2D eigenvalue weighted by Crippen LogP contribution is 2.27. The molecule has 0 saturated heterocycles. The standard InChI is InChI=1S/C25H23N3O8S2/c1-16-8-11-19(12-9-16)38(34,35)27-22(14-17-6-4-3-5-7-17)23(29)26-18-10-13-20-21(15-18)25(31)28(24(20)30)36-37(2,32)33/h3-13,15,22,27H,14H2,1-2H3,(H,26,29)/t22-/m0/s1. The van der Waals surface area contributed by atoms with Gasteiger partial charge in [0.15, 0.2) is 0 Å². The molecule has 1 heterocycles. The first-order valence-electron chi connectivity index (χ1n) is 11.2. The van der Waals surface area contributed by atoms with Gasteiger partial charge < -0.3 is 5.32 Å². The predicted octanol–water partition coefficient (Wildman–Crippen LogP) is 2.01. The number of hydrogen-bond acceptors (Lipinski definition) is 8. The summed E-state index contributed by atoms with van der Waals surface area (Å²) in [5.41, 5.74) is 1.35. The molecule has 3 aromatic rings. The van der Waals surface area contributed by atoms with Crippen LogP contribution in [0.4, 0.5) is 5.69 Å². The molecule has 198 valence electrons. The second kappa shape index (κ2) is 10.5. The lowest BCUT2D eigenvalue weighted by atomic mass is 10.1. The summed E-state index contributed by atoms with van der Waals surface area (Å²) in [7, 11) is -8.23. The molecule has 4 rings (SSSR count). The number of nitrogens with zero attached hydrogens (tertiary/aromatic N) is 1. The summed E-state index contributed by atoms with van der Waals surface area (Å²) >= 11 is 0. The first-order chi connectivity index (χ1) is 17.8. The Hall–Kier alpha value is -3.91. The molecular weight excluding hydrogens is 534 g/mol. The Balaban J connectivity index is 1.59. The highest BCUT2D eigenvalue weighted by Gasteiger charge is 2.39. The highest BCUT2D eigenvalue weighted by atomic mass is 32.2. The minimum atomic E-state index is -4.15. The van der Waals surface area contributed by atoms with Crippen molar-refractivity contribution in [3.8, 4) is 0 Å². The molecule has 0 bridgehead atoms. The van der Waals surface area contributed by atoms with Gasteiger partial charge in [0.2, 0.25) is 15.9 Å². The molecule has 0 saturated carbocycles. The van der Waals surface area contributed by atoms with Crippen molar-refractivity contribution in [2.75, 3.05) is 11.6 Å². The van der Waals surface area contributed by atoms with Crippen LogP contribution in [-0.4, -0.2) is 51.9 Å². The Bertz CT molecular complexity index is 1620. The topological polar surface area (TPSA) is 156 Å². The van der Waals surface area contributed by atoms with Crippen LogP contribution in [0.25, 0.3) is 0 Å². The third-order valence-corrected chi connectivity index (χ3v) is 7.46. The minimum Gasteiger partial charge on any atom is -0.325 e. The lowest BCUT2D eigenvalue weighted by Crippen LogP contribution is -2.45. The molecule has 2 N–H and O–H groups in total. The largest absolute Gasteiger partial charge is 0.325 e. The maximum absolute atomic E-state index is 13.3. The van der Waals surface area contributed by atoms with Crippen LogP contribution in [0.2, 0.25) is 0 Å². The van der Waals surface area contributed by atoms with E-state index < -0.39 is 43.9 Å². The molecule has 3 aromatic carbocycles. The summed E-state index contributed by atoms with van der Waals surface area (Å²) in [4.78, 5) is 38.2. The van der Waals surface area contributed by atoms with Crippen molar-refractivity contribution < 1.29 is 35.5 Å².